The number of hydrogen-bond acceptors (Lipinski definition) is 2. The minimum atomic E-state index is 0.410. The first-order valence-electron chi connectivity index (χ1n) is 7.83. The van der Waals surface area contributed by atoms with Gasteiger partial charge in [-0.05, 0) is 80.4 Å². The first kappa shape index (κ1) is 12.0. The van der Waals surface area contributed by atoms with Crippen molar-refractivity contribution in [2.75, 3.05) is 7.05 Å². The standard InChI is InChI=1S/C17H25NO/c1-16-7-12-6-13(8-16)10-17(9-12,11-16)15(18-2)14-4-3-5-19-14/h3-5,12-13,15,18H,6-11H2,1-2H3. The molecule has 1 heterocycles. The Bertz CT molecular complexity index is 450. The Balaban J connectivity index is 1.73. The van der Waals surface area contributed by atoms with Gasteiger partial charge in [0.2, 0.25) is 0 Å². The van der Waals surface area contributed by atoms with Crippen LogP contribution < -0.4 is 5.32 Å². The summed E-state index contributed by atoms with van der Waals surface area (Å²) in [6.45, 7) is 2.54. The fourth-order valence-corrected chi connectivity index (χ4v) is 6.34. The van der Waals surface area contributed by atoms with Crippen molar-refractivity contribution in [3.8, 4) is 0 Å². The van der Waals surface area contributed by atoms with Crippen LogP contribution in [0.1, 0.15) is 57.3 Å². The Labute approximate surface area is 116 Å². The lowest BCUT2D eigenvalue weighted by atomic mass is 9.43. The van der Waals surface area contributed by atoms with Crippen LogP contribution in [0.4, 0.5) is 0 Å². The van der Waals surface area contributed by atoms with Crippen LogP contribution in [0.2, 0.25) is 0 Å². The molecule has 1 aromatic heterocycles. The van der Waals surface area contributed by atoms with E-state index in [9.17, 15) is 0 Å². The molecule has 0 saturated heterocycles. The van der Waals surface area contributed by atoms with Crippen molar-refractivity contribution in [3.63, 3.8) is 0 Å². The second-order valence-corrected chi connectivity index (χ2v) is 7.87. The molecule has 4 bridgehead atoms. The molecule has 19 heavy (non-hydrogen) atoms. The summed E-state index contributed by atoms with van der Waals surface area (Å²) >= 11 is 0. The van der Waals surface area contributed by atoms with Crippen LogP contribution in [-0.2, 0) is 0 Å². The van der Waals surface area contributed by atoms with Gasteiger partial charge < -0.3 is 9.73 Å². The highest BCUT2D eigenvalue weighted by atomic mass is 16.3. The molecule has 4 aliphatic carbocycles. The minimum absolute atomic E-state index is 0.410. The lowest BCUT2D eigenvalue weighted by Gasteiger charge is -2.63. The topological polar surface area (TPSA) is 25.2 Å². The maximum atomic E-state index is 5.75. The van der Waals surface area contributed by atoms with Crippen LogP contribution in [0.15, 0.2) is 22.8 Å². The van der Waals surface area contributed by atoms with E-state index in [4.69, 9.17) is 4.42 Å². The molecule has 0 amide bonds. The SMILES string of the molecule is CNC(c1ccco1)C12CC3CC(CC(C)(C3)C1)C2. The third kappa shape index (κ3) is 1.72. The zero-order valence-electron chi connectivity index (χ0n) is 12.1. The van der Waals surface area contributed by atoms with E-state index in [-0.39, 0.29) is 0 Å². The summed E-state index contributed by atoms with van der Waals surface area (Å²) in [5, 5.41) is 3.58. The van der Waals surface area contributed by atoms with Crippen LogP contribution in [0.3, 0.4) is 0 Å². The second-order valence-electron chi connectivity index (χ2n) is 7.87. The molecule has 0 aliphatic heterocycles. The molecule has 0 aromatic carbocycles. The van der Waals surface area contributed by atoms with Gasteiger partial charge in [0.25, 0.3) is 0 Å². The Morgan fingerprint density at radius 1 is 1.26 bits per heavy atom. The smallest absolute Gasteiger partial charge is 0.121 e. The van der Waals surface area contributed by atoms with Crippen LogP contribution >= 0.6 is 0 Å². The monoisotopic (exact) mass is 259 g/mol. The number of furan rings is 1. The summed E-state index contributed by atoms with van der Waals surface area (Å²) in [6.07, 6.45) is 10.5. The number of rotatable bonds is 3. The summed E-state index contributed by atoms with van der Waals surface area (Å²) < 4.78 is 5.75. The van der Waals surface area contributed by atoms with Crippen molar-refractivity contribution in [2.24, 2.45) is 22.7 Å². The van der Waals surface area contributed by atoms with Crippen LogP contribution in [-0.4, -0.2) is 7.05 Å². The lowest BCUT2D eigenvalue weighted by molar-refractivity contribution is -0.120. The van der Waals surface area contributed by atoms with Gasteiger partial charge in [0.1, 0.15) is 5.76 Å². The molecule has 0 spiro atoms. The lowest BCUT2D eigenvalue weighted by Crippen LogP contribution is -2.54. The summed E-state index contributed by atoms with van der Waals surface area (Å²) in [6, 6.07) is 4.59. The van der Waals surface area contributed by atoms with Gasteiger partial charge >= 0.3 is 0 Å². The number of nitrogens with one attached hydrogen (secondary N) is 1. The van der Waals surface area contributed by atoms with Crippen molar-refractivity contribution in [3.05, 3.63) is 24.2 Å². The van der Waals surface area contributed by atoms with Gasteiger partial charge in [0, 0.05) is 0 Å². The molecule has 4 fully saturated rings. The van der Waals surface area contributed by atoms with Gasteiger partial charge in [-0.1, -0.05) is 6.92 Å². The molecule has 5 rings (SSSR count). The van der Waals surface area contributed by atoms with Crippen molar-refractivity contribution < 1.29 is 4.42 Å². The zero-order chi connectivity index (χ0) is 13.1. The van der Waals surface area contributed by atoms with E-state index in [1.165, 1.54) is 38.5 Å². The quantitative estimate of drug-likeness (QED) is 0.882. The summed E-state index contributed by atoms with van der Waals surface area (Å²) in [5.41, 5.74) is 1.05. The minimum Gasteiger partial charge on any atom is -0.468 e. The van der Waals surface area contributed by atoms with Crippen LogP contribution in [0, 0.1) is 22.7 Å². The van der Waals surface area contributed by atoms with E-state index in [0.29, 0.717) is 16.9 Å². The van der Waals surface area contributed by atoms with E-state index < -0.39 is 0 Å². The Kier molecular flexibility index (Phi) is 2.45. The van der Waals surface area contributed by atoms with E-state index in [1.54, 1.807) is 0 Å². The van der Waals surface area contributed by atoms with Gasteiger partial charge in [-0.25, -0.2) is 0 Å². The van der Waals surface area contributed by atoms with E-state index in [1.807, 2.05) is 12.3 Å². The van der Waals surface area contributed by atoms with Gasteiger partial charge in [-0.15, -0.1) is 0 Å². The van der Waals surface area contributed by atoms with Crippen LogP contribution in [0.5, 0.6) is 0 Å². The molecule has 2 nitrogen and oxygen atoms in total. The predicted octanol–water partition coefficient (Wildman–Crippen LogP) is 4.15. The molecule has 3 unspecified atom stereocenters. The van der Waals surface area contributed by atoms with E-state index in [2.05, 4.69) is 25.4 Å². The largest absolute Gasteiger partial charge is 0.468 e. The molecule has 4 aliphatic rings. The van der Waals surface area contributed by atoms with Crippen molar-refractivity contribution in [1.29, 1.82) is 0 Å². The van der Waals surface area contributed by atoms with E-state index >= 15 is 0 Å². The van der Waals surface area contributed by atoms with Crippen molar-refractivity contribution >= 4 is 0 Å². The fourth-order valence-electron chi connectivity index (χ4n) is 6.34. The second kappa shape index (κ2) is 3.88. The molecule has 104 valence electrons. The molecule has 4 saturated carbocycles. The molecule has 3 atom stereocenters. The highest BCUT2D eigenvalue weighted by Crippen LogP contribution is 2.68. The highest BCUT2D eigenvalue weighted by molar-refractivity contribution is 5.16. The third-order valence-corrected chi connectivity index (χ3v) is 6.13. The fraction of sp³-hybridized carbons (Fsp3) is 0.765. The summed E-state index contributed by atoms with van der Waals surface area (Å²) in [5.74, 6) is 3.09. The maximum absolute atomic E-state index is 5.75. The predicted molar refractivity (Wildman–Crippen MR) is 75.7 cm³/mol. The normalized spacial score (nSPS) is 45.6. The van der Waals surface area contributed by atoms with Gasteiger partial charge in [-0.2, -0.15) is 0 Å². The summed E-state index contributed by atoms with van der Waals surface area (Å²) in [7, 11) is 2.11. The molecule has 0 radical (unpaired) electrons. The average molecular weight is 259 g/mol. The first-order chi connectivity index (χ1) is 9.12. The highest BCUT2D eigenvalue weighted by Gasteiger charge is 2.58. The van der Waals surface area contributed by atoms with Gasteiger partial charge in [0.05, 0.1) is 12.3 Å². The van der Waals surface area contributed by atoms with Crippen molar-refractivity contribution in [1.82, 2.24) is 5.32 Å². The Hall–Kier alpha value is -0.760. The Morgan fingerprint density at radius 2 is 2.00 bits per heavy atom. The van der Waals surface area contributed by atoms with Crippen LogP contribution in [0.25, 0.3) is 0 Å². The Morgan fingerprint density at radius 3 is 2.53 bits per heavy atom. The molecule has 1 N–H and O–H groups in total. The third-order valence-electron chi connectivity index (χ3n) is 6.13. The first-order valence-corrected chi connectivity index (χ1v) is 7.83. The van der Waals surface area contributed by atoms with Crippen molar-refractivity contribution in [2.45, 2.75) is 51.5 Å². The van der Waals surface area contributed by atoms with Gasteiger partial charge in [0.15, 0.2) is 0 Å². The maximum Gasteiger partial charge on any atom is 0.121 e. The average Bonchev–Trinajstić information content (AvgIpc) is 2.79. The van der Waals surface area contributed by atoms with Gasteiger partial charge in [-0.3, -0.25) is 0 Å². The molecule has 2 heteroatoms. The zero-order valence-corrected chi connectivity index (χ0v) is 12.1. The molecular weight excluding hydrogens is 234 g/mol. The number of hydrogen-bond donors (Lipinski definition) is 1. The molecule has 1 aromatic rings. The van der Waals surface area contributed by atoms with E-state index in [0.717, 1.165) is 17.6 Å². The molecular formula is C17H25NO. The summed E-state index contributed by atoms with van der Waals surface area (Å²) in [4.78, 5) is 0.